The Kier molecular flexibility index (Phi) is 4.99. The number of ether oxygens (including phenoxy) is 1. The molecule has 3 nitrogen and oxygen atoms in total. The van der Waals surface area contributed by atoms with Crippen molar-refractivity contribution in [3.63, 3.8) is 0 Å². The Hall–Kier alpha value is -1.50. The van der Waals surface area contributed by atoms with Crippen molar-refractivity contribution in [1.82, 2.24) is 0 Å². The molecular formula is C12H15F3N2OS. The number of halogens is 3. The van der Waals surface area contributed by atoms with Crippen LogP contribution in [0.1, 0.15) is 0 Å². The van der Waals surface area contributed by atoms with E-state index < -0.39 is 17.1 Å². The zero-order valence-electron chi connectivity index (χ0n) is 10.6. The molecule has 0 aromatic heterocycles. The largest absolute Gasteiger partial charge is 0.495 e. The highest BCUT2D eigenvalue weighted by Gasteiger charge is 2.42. The average molecular weight is 292 g/mol. The molecule has 0 aliphatic heterocycles. The van der Waals surface area contributed by atoms with Gasteiger partial charge < -0.3 is 15.4 Å². The molecule has 0 aliphatic rings. The molecule has 1 aromatic rings. The lowest BCUT2D eigenvalue weighted by molar-refractivity contribution is -0.152. The third-order valence-corrected chi connectivity index (χ3v) is 2.98. The molecule has 1 unspecified atom stereocenters. The van der Waals surface area contributed by atoms with Gasteiger partial charge >= 0.3 is 6.18 Å². The highest BCUT2D eigenvalue weighted by atomic mass is 32.1. The van der Waals surface area contributed by atoms with Gasteiger partial charge in [0.05, 0.1) is 17.8 Å². The number of rotatable bonds is 5. The normalized spacial score (nSPS) is 12.9. The Bertz CT molecular complexity index is 451. The standard InChI is InChI=1S/C12H15F3N2OS/c1-17(7-8(11(16)19)12(13,14)15)9-5-3-4-6-10(9)18-2/h3-6,8H,7H2,1-2H3,(H2,16,19). The fourth-order valence-corrected chi connectivity index (χ4v) is 1.88. The summed E-state index contributed by atoms with van der Waals surface area (Å²) in [6, 6.07) is 6.81. The van der Waals surface area contributed by atoms with Crippen molar-refractivity contribution in [2.75, 3.05) is 25.6 Å². The summed E-state index contributed by atoms with van der Waals surface area (Å²) in [6.45, 7) is -0.348. The van der Waals surface area contributed by atoms with Crippen molar-refractivity contribution < 1.29 is 17.9 Å². The van der Waals surface area contributed by atoms with E-state index in [4.69, 9.17) is 10.5 Å². The number of alkyl halides is 3. The van der Waals surface area contributed by atoms with Gasteiger partial charge in [-0.1, -0.05) is 24.4 Å². The third-order valence-electron chi connectivity index (χ3n) is 2.69. The van der Waals surface area contributed by atoms with E-state index in [9.17, 15) is 13.2 Å². The van der Waals surface area contributed by atoms with Crippen LogP contribution in [0.3, 0.4) is 0 Å². The Morgan fingerprint density at radius 3 is 2.47 bits per heavy atom. The highest BCUT2D eigenvalue weighted by molar-refractivity contribution is 7.80. The van der Waals surface area contributed by atoms with Gasteiger partial charge in [0.15, 0.2) is 0 Å². The van der Waals surface area contributed by atoms with Crippen LogP contribution in [-0.4, -0.2) is 31.9 Å². The summed E-state index contributed by atoms with van der Waals surface area (Å²) in [4.78, 5) is 0.866. The van der Waals surface area contributed by atoms with Crippen LogP contribution in [0.2, 0.25) is 0 Å². The minimum atomic E-state index is -4.46. The Morgan fingerprint density at radius 1 is 1.42 bits per heavy atom. The molecule has 0 saturated heterocycles. The van der Waals surface area contributed by atoms with Crippen LogP contribution >= 0.6 is 12.2 Å². The highest BCUT2D eigenvalue weighted by Crippen LogP contribution is 2.31. The van der Waals surface area contributed by atoms with Gasteiger partial charge in [-0.25, -0.2) is 0 Å². The number of hydrogen-bond acceptors (Lipinski definition) is 3. The van der Waals surface area contributed by atoms with Crippen LogP contribution in [0.4, 0.5) is 18.9 Å². The number of benzene rings is 1. The van der Waals surface area contributed by atoms with Gasteiger partial charge in [0, 0.05) is 13.6 Å². The summed E-state index contributed by atoms with van der Waals surface area (Å²) in [5.74, 6) is -1.36. The molecule has 7 heteroatoms. The molecule has 0 radical (unpaired) electrons. The van der Waals surface area contributed by atoms with Crippen LogP contribution in [0.25, 0.3) is 0 Å². The zero-order valence-corrected chi connectivity index (χ0v) is 11.4. The maximum atomic E-state index is 12.8. The monoisotopic (exact) mass is 292 g/mol. The lowest BCUT2D eigenvalue weighted by Crippen LogP contribution is -2.42. The molecule has 0 fully saturated rings. The Balaban J connectivity index is 2.94. The number of thiocarbonyl (C=S) groups is 1. The number of methoxy groups -OCH3 is 1. The van der Waals surface area contributed by atoms with Crippen LogP contribution in [0, 0.1) is 5.92 Å². The van der Waals surface area contributed by atoms with Crippen LogP contribution in [-0.2, 0) is 0 Å². The van der Waals surface area contributed by atoms with Crippen molar-refractivity contribution in [1.29, 1.82) is 0 Å². The first-order valence-electron chi connectivity index (χ1n) is 5.47. The smallest absolute Gasteiger partial charge is 0.399 e. The van der Waals surface area contributed by atoms with E-state index in [1.54, 1.807) is 24.3 Å². The van der Waals surface area contributed by atoms with Gasteiger partial charge in [0.25, 0.3) is 0 Å². The summed E-state index contributed by atoms with van der Waals surface area (Å²) in [6.07, 6.45) is -4.46. The van der Waals surface area contributed by atoms with Crippen molar-refractivity contribution in [2.24, 2.45) is 11.7 Å². The van der Waals surface area contributed by atoms with Crippen LogP contribution in [0.15, 0.2) is 24.3 Å². The maximum Gasteiger partial charge on any atom is 0.399 e. The quantitative estimate of drug-likeness (QED) is 0.847. The topological polar surface area (TPSA) is 38.5 Å². The minimum Gasteiger partial charge on any atom is -0.495 e. The molecule has 0 heterocycles. The molecule has 19 heavy (non-hydrogen) atoms. The number of nitrogens with zero attached hydrogens (tertiary/aromatic N) is 1. The van der Waals surface area contributed by atoms with Crippen molar-refractivity contribution in [2.45, 2.75) is 6.18 Å². The molecule has 0 bridgehead atoms. The number of hydrogen-bond donors (Lipinski definition) is 1. The first-order chi connectivity index (χ1) is 8.77. The summed E-state index contributed by atoms with van der Waals surface area (Å²) >= 11 is 4.49. The van der Waals surface area contributed by atoms with E-state index in [1.807, 2.05) is 0 Å². The van der Waals surface area contributed by atoms with Gasteiger partial charge in [-0.2, -0.15) is 13.2 Å². The van der Waals surface area contributed by atoms with Crippen molar-refractivity contribution >= 4 is 22.9 Å². The predicted octanol–water partition coefficient (Wildman–Crippen LogP) is 2.60. The Labute approximate surface area is 115 Å². The van der Waals surface area contributed by atoms with Crippen LogP contribution in [0.5, 0.6) is 5.75 Å². The van der Waals surface area contributed by atoms with Gasteiger partial charge in [-0.15, -0.1) is 0 Å². The van der Waals surface area contributed by atoms with Crippen LogP contribution < -0.4 is 15.4 Å². The number of nitrogens with two attached hydrogens (primary N) is 1. The number of anilines is 1. The van der Waals surface area contributed by atoms with E-state index in [1.165, 1.54) is 19.1 Å². The summed E-state index contributed by atoms with van der Waals surface area (Å²) in [5, 5.41) is 0. The van der Waals surface area contributed by atoms with Gasteiger partial charge in [-0.05, 0) is 12.1 Å². The van der Waals surface area contributed by atoms with Gasteiger partial charge in [0.1, 0.15) is 11.7 Å². The first kappa shape index (κ1) is 15.6. The van der Waals surface area contributed by atoms with E-state index >= 15 is 0 Å². The molecule has 1 atom stereocenters. The minimum absolute atomic E-state index is 0.348. The fraction of sp³-hybridized carbons (Fsp3) is 0.417. The first-order valence-corrected chi connectivity index (χ1v) is 5.88. The van der Waals surface area contributed by atoms with E-state index in [0.717, 1.165) is 0 Å². The molecule has 0 saturated carbocycles. The predicted molar refractivity (Wildman–Crippen MR) is 72.6 cm³/mol. The zero-order chi connectivity index (χ0) is 14.6. The lowest BCUT2D eigenvalue weighted by Gasteiger charge is -2.27. The fourth-order valence-electron chi connectivity index (χ4n) is 1.67. The van der Waals surface area contributed by atoms with E-state index in [2.05, 4.69) is 12.2 Å². The van der Waals surface area contributed by atoms with Gasteiger partial charge in [-0.3, -0.25) is 0 Å². The van der Waals surface area contributed by atoms with E-state index in [0.29, 0.717) is 11.4 Å². The summed E-state index contributed by atoms with van der Waals surface area (Å²) in [5.41, 5.74) is 5.72. The third kappa shape index (κ3) is 3.99. The second-order valence-corrected chi connectivity index (χ2v) is 4.52. The lowest BCUT2D eigenvalue weighted by atomic mass is 10.1. The Morgan fingerprint density at radius 2 is 2.00 bits per heavy atom. The summed E-state index contributed by atoms with van der Waals surface area (Å²) < 4.78 is 43.5. The molecule has 2 N–H and O–H groups in total. The molecule has 106 valence electrons. The molecule has 0 spiro atoms. The number of para-hydroxylation sites is 2. The summed E-state index contributed by atoms with van der Waals surface area (Å²) in [7, 11) is 3.00. The SMILES string of the molecule is COc1ccccc1N(C)CC(C(N)=S)C(F)(F)F. The molecule has 1 aromatic carbocycles. The van der Waals surface area contributed by atoms with E-state index in [-0.39, 0.29) is 6.54 Å². The molecule has 1 rings (SSSR count). The average Bonchev–Trinajstić information content (AvgIpc) is 2.33. The van der Waals surface area contributed by atoms with Gasteiger partial charge in [0.2, 0.25) is 0 Å². The molecule has 0 amide bonds. The molecule has 0 aliphatic carbocycles. The van der Waals surface area contributed by atoms with Crippen molar-refractivity contribution in [3.8, 4) is 5.75 Å². The molecular weight excluding hydrogens is 277 g/mol. The van der Waals surface area contributed by atoms with Crippen molar-refractivity contribution in [3.05, 3.63) is 24.3 Å². The maximum absolute atomic E-state index is 12.8. The second kappa shape index (κ2) is 6.10. The second-order valence-electron chi connectivity index (χ2n) is 4.05.